The van der Waals surface area contributed by atoms with Gasteiger partial charge in [-0.25, -0.2) is 4.98 Å². The molecule has 2 aromatic heterocycles. The van der Waals surface area contributed by atoms with Crippen molar-refractivity contribution < 1.29 is 0 Å². The molecule has 3 heterocycles. The fourth-order valence-electron chi connectivity index (χ4n) is 3.91. The predicted molar refractivity (Wildman–Crippen MR) is 105 cm³/mol. The Kier molecular flexibility index (Phi) is 4.21. The number of benzene rings is 1. The first-order chi connectivity index (χ1) is 12.1. The molecule has 130 valence electrons. The van der Waals surface area contributed by atoms with Crippen molar-refractivity contribution in [1.82, 2.24) is 14.5 Å². The molecule has 0 spiro atoms. The molecule has 25 heavy (non-hydrogen) atoms. The summed E-state index contributed by atoms with van der Waals surface area (Å²) >= 11 is 1.62. The van der Waals surface area contributed by atoms with E-state index < -0.39 is 0 Å². The summed E-state index contributed by atoms with van der Waals surface area (Å²) in [7, 11) is 2.14. The summed E-state index contributed by atoms with van der Waals surface area (Å²) in [5.41, 5.74) is 2.28. The molecule has 0 N–H and O–H groups in total. The Morgan fingerprint density at radius 1 is 1.12 bits per heavy atom. The third-order valence-corrected chi connectivity index (χ3v) is 6.23. The number of hydrogen-bond donors (Lipinski definition) is 0. The number of hydrogen-bond acceptors (Lipinski definition) is 4. The maximum absolute atomic E-state index is 13.5. The molecule has 1 aliphatic heterocycles. The van der Waals surface area contributed by atoms with E-state index >= 15 is 0 Å². The van der Waals surface area contributed by atoms with E-state index in [2.05, 4.69) is 31.0 Å². The second kappa shape index (κ2) is 6.39. The van der Waals surface area contributed by atoms with E-state index in [0.29, 0.717) is 0 Å². The van der Waals surface area contributed by atoms with Crippen LogP contribution in [0.25, 0.3) is 21.3 Å². The van der Waals surface area contributed by atoms with Crippen molar-refractivity contribution in [2.45, 2.75) is 32.7 Å². The number of fused-ring (bicyclic) bond motifs is 1. The van der Waals surface area contributed by atoms with E-state index in [9.17, 15) is 4.79 Å². The molecule has 5 heteroatoms. The van der Waals surface area contributed by atoms with Gasteiger partial charge < -0.3 is 4.90 Å². The molecular formula is C20H23N3OS. The maximum Gasteiger partial charge on any atom is 0.263 e. The van der Waals surface area contributed by atoms with Crippen molar-refractivity contribution in [3.63, 3.8) is 0 Å². The molecule has 4 nitrogen and oxygen atoms in total. The minimum Gasteiger partial charge on any atom is -0.306 e. The Morgan fingerprint density at radius 2 is 1.80 bits per heavy atom. The molecule has 0 saturated carbocycles. The fraction of sp³-hybridized carbons (Fsp3) is 0.400. The van der Waals surface area contributed by atoms with Crippen LogP contribution in [-0.4, -0.2) is 34.6 Å². The van der Waals surface area contributed by atoms with Crippen molar-refractivity contribution >= 4 is 21.6 Å². The van der Waals surface area contributed by atoms with Crippen LogP contribution in [-0.2, 0) is 0 Å². The van der Waals surface area contributed by atoms with Gasteiger partial charge in [-0.3, -0.25) is 9.36 Å². The third-order valence-electron chi connectivity index (χ3n) is 5.23. The van der Waals surface area contributed by atoms with Crippen LogP contribution < -0.4 is 5.56 Å². The van der Waals surface area contributed by atoms with Crippen LogP contribution in [0.15, 0.2) is 35.1 Å². The summed E-state index contributed by atoms with van der Waals surface area (Å²) in [5.74, 6) is 0.841. The normalized spacial score (nSPS) is 16.6. The second-order valence-electron chi connectivity index (χ2n) is 6.95. The van der Waals surface area contributed by atoms with Crippen LogP contribution in [0.1, 0.15) is 29.6 Å². The summed E-state index contributed by atoms with van der Waals surface area (Å²) in [4.78, 5) is 22.6. The number of nitrogens with zero attached hydrogens (tertiary/aromatic N) is 3. The van der Waals surface area contributed by atoms with Gasteiger partial charge in [-0.05, 0) is 52.4 Å². The molecule has 1 fully saturated rings. The Balaban J connectivity index is 1.93. The highest BCUT2D eigenvalue weighted by molar-refractivity contribution is 7.19. The zero-order valence-electron chi connectivity index (χ0n) is 15.0. The van der Waals surface area contributed by atoms with E-state index in [1.807, 2.05) is 29.7 Å². The van der Waals surface area contributed by atoms with Gasteiger partial charge in [0.05, 0.1) is 5.39 Å². The highest BCUT2D eigenvalue weighted by atomic mass is 32.1. The van der Waals surface area contributed by atoms with Crippen LogP contribution in [0.2, 0.25) is 0 Å². The molecular weight excluding hydrogens is 330 g/mol. The van der Waals surface area contributed by atoms with Gasteiger partial charge in [-0.2, -0.15) is 0 Å². The summed E-state index contributed by atoms with van der Waals surface area (Å²) in [6.07, 6.45) is 2.02. The van der Waals surface area contributed by atoms with E-state index in [1.54, 1.807) is 11.3 Å². The van der Waals surface area contributed by atoms with E-state index in [1.165, 1.54) is 0 Å². The van der Waals surface area contributed by atoms with Gasteiger partial charge >= 0.3 is 0 Å². The van der Waals surface area contributed by atoms with Gasteiger partial charge in [0, 0.05) is 16.5 Å². The molecule has 0 radical (unpaired) electrons. The van der Waals surface area contributed by atoms with Crippen LogP contribution >= 0.6 is 11.3 Å². The number of aromatic nitrogens is 2. The maximum atomic E-state index is 13.5. The molecule has 0 aliphatic carbocycles. The first kappa shape index (κ1) is 16.5. The first-order valence-corrected chi connectivity index (χ1v) is 9.64. The Bertz CT molecular complexity index is 966. The van der Waals surface area contributed by atoms with E-state index in [-0.39, 0.29) is 11.6 Å². The molecule has 1 aromatic carbocycles. The lowest BCUT2D eigenvalue weighted by Crippen LogP contribution is -2.36. The standard InChI is InChI=1S/C20H23N3OS/c1-13-17(15-7-5-4-6-8-15)18-19(25-13)21-14(2)23(20(18)24)16-9-11-22(3)12-10-16/h4-8,16H,9-12H2,1-3H3. The SMILES string of the molecule is Cc1sc2nc(C)n(C3CCN(C)CC3)c(=O)c2c1-c1ccccc1. The Labute approximate surface area is 151 Å². The number of likely N-dealkylation sites (tertiary alicyclic amines) is 1. The quantitative estimate of drug-likeness (QED) is 0.699. The minimum absolute atomic E-state index is 0.125. The summed E-state index contributed by atoms with van der Waals surface area (Å²) in [6, 6.07) is 10.5. The van der Waals surface area contributed by atoms with Crippen molar-refractivity contribution in [3.05, 3.63) is 51.4 Å². The van der Waals surface area contributed by atoms with Gasteiger partial charge in [0.2, 0.25) is 0 Å². The zero-order valence-corrected chi connectivity index (χ0v) is 15.8. The van der Waals surface area contributed by atoms with Crippen LogP contribution in [0, 0.1) is 13.8 Å². The Morgan fingerprint density at radius 3 is 2.48 bits per heavy atom. The minimum atomic E-state index is 0.125. The fourth-order valence-corrected chi connectivity index (χ4v) is 4.99. The van der Waals surface area contributed by atoms with Crippen molar-refractivity contribution in [2.24, 2.45) is 0 Å². The molecule has 3 aromatic rings. The molecule has 0 bridgehead atoms. The van der Waals surface area contributed by atoms with Gasteiger partial charge in [-0.1, -0.05) is 30.3 Å². The number of rotatable bonds is 2. The first-order valence-electron chi connectivity index (χ1n) is 8.82. The molecule has 0 unspecified atom stereocenters. The average molecular weight is 353 g/mol. The van der Waals surface area contributed by atoms with Crippen LogP contribution in [0.3, 0.4) is 0 Å². The van der Waals surface area contributed by atoms with Gasteiger partial charge in [0.15, 0.2) is 0 Å². The summed E-state index contributed by atoms with van der Waals surface area (Å²) in [6.45, 7) is 6.12. The molecule has 0 amide bonds. The van der Waals surface area contributed by atoms with Crippen molar-refractivity contribution in [2.75, 3.05) is 20.1 Å². The Hall–Kier alpha value is -1.98. The molecule has 1 saturated heterocycles. The average Bonchev–Trinajstić information content (AvgIpc) is 2.93. The van der Waals surface area contributed by atoms with E-state index in [0.717, 1.165) is 58.0 Å². The smallest absolute Gasteiger partial charge is 0.263 e. The van der Waals surface area contributed by atoms with Crippen LogP contribution in [0.5, 0.6) is 0 Å². The van der Waals surface area contributed by atoms with E-state index in [4.69, 9.17) is 4.98 Å². The summed E-state index contributed by atoms with van der Waals surface area (Å²) in [5, 5.41) is 0.790. The monoisotopic (exact) mass is 353 g/mol. The predicted octanol–water partition coefficient (Wildman–Crippen LogP) is 4.01. The zero-order chi connectivity index (χ0) is 17.6. The second-order valence-corrected chi connectivity index (χ2v) is 8.15. The van der Waals surface area contributed by atoms with Gasteiger partial charge in [0.25, 0.3) is 5.56 Å². The molecule has 1 aliphatic rings. The third kappa shape index (κ3) is 2.81. The van der Waals surface area contributed by atoms with Crippen LogP contribution in [0.4, 0.5) is 0 Å². The molecule has 4 rings (SSSR count). The number of aryl methyl sites for hydroxylation is 2. The van der Waals surface area contributed by atoms with Gasteiger partial charge in [-0.15, -0.1) is 11.3 Å². The van der Waals surface area contributed by atoms with Gasteiger partial charge in [0.1, 0.15) is 10.7 Å². The highest BCUT2D eigenvalue weighted by Gasteiger charge is 2.24. The topological polar surface area (TPSA) is 38.1 Å². The lowest BCUT2D eigenvalue weighted by Gasteiger charge is -2.31. The number of piperidine rings is 1. The highest BCUT2D eigenvalue weighted by Crippen LogP contribution is 2.36. The summed E-state index contributed by atoms with van der Waals surface area (Å²) < 4.78 is 1.95. The molecule has 0 atom stereocenters. The van der Waals surface area contributed by atoms with Crippen molar-refractivity contribution in [1.29, 1.82) is 0 Å². The lowest BCUT2D eigenvalue weighted by molar-refractivity contribution is 0.216. The lowest BCUT2D eigenvalue weighted by atomic mass is 10.0. The number of thiophene rings is 1. The van der Waals surface area contributed by atoms with Crippen molar-refractivity contribution in [3.8, 4) is 11.1 Å². The largest absolute Gasteiger partial charge is 0.306 e.